The highest BCUT2D eigenvalue weighted by Gasteiger charge is 2.21. The molecular formula is C23H26N2O4S. The van der Waals surface area contributed by atoms with E-state index in [1.54, 1.807) is 24.3 Å². The van der Waals surface area contributed by atoms with Gasteiger partial charge < -0.3 is 10.1 Å². The van der Waals surface area contributed by atoms with Crippen LogP contribution in [0, 0.1) is 0 Å². The van der Waals surface area contributed by atoms with Gasteiger partial charge in [-0.05, 0) is 42.3 Å². The second-order valence-corrected chi connectivity index (χ2v) is 9.26. The largest absolute Gasteiger partial charge is 0.491 e. The lowest BCUT2D eigenvalue weighted by atomic mass is 10.0. The maximum absolute atomic E-state index is 12.6. The van der Waals surface area contributed by atoms with Gasteiger partial charge in [0.05, 0.1) is 18.0 Å². The first-order valence-electron chi connectivity index (χ1n) is 9.72. The Morgan fingerprint density at radius 2 is 1.73 bits per heavy atom. The summed E-state index contributed by atoms with van der Waals surface area (Å²) >= 11 is 0. The highest BCUT2D eigenvalue weighted by atomic mass is 32.2. The number of carbonyl (C=O) groups excluding carboxylic acids is 1. The van der Waals surface area contributed by atoms with Gasteiger partial charge in [-0.15, -0.1) is 0 Å². The number of fused-ring (bicyclic) bond motifs is 1. The second kappa shape index (κ2) is 9.17. The van der Waals surface area contributed by atoms with Gasteiger partial charge in [-0.2, -0.15) is 0 Å². The summed E-state index contributed by atoms with van der Waals surface area (Å²) in [6.07, 6.45) is 1.04. The molecule has 158 valence electrons. The fourth-order valence-electron chi connectivity index (χ4n) is 3.21. The van der Waals surface area contributed by atoms with E-state index in [-0.39, 0.29) is 18.6 Å². The number of anilines is 1. The Morgan fingerprint density at radius 3 is 2.47 bits per heavy atom. The lowest BCUT2D eigenvalue weighted by Gasteiger charge is -2.23. The molecule has 0 saturated heterocycles. The molecule has 0 unspecified atom stereocenters. The first-order valence-corrected chi connectivity index (χ1v) is 11.6. The van der Waals surface area contributed by atoms with E-state index in [1.165, 1.54) is 0 Å². The predicted octanol–water partition coefficient (Wildman–Crippen LogP) is 3.71. The van der Waals surface area contributed by atoms with Crippen molar-refractivity contribution in [2.45, 2.75) is 26.5 Å². The second-order valence-electron chi connectivity index (χ2n) is 7.35. The van der Waals surface area contributed by atoms with E-state index >= 15 is 0 Å². The van der Waals surface area contributed by atoms with Crippen molar-refractivity contribution in [3.8, 4) is 5.75 Å². The van der Waals surface area contributed by atoms with E-state index in [0.717, 1.165) is 26.9 Å². The summed E-state index contributed by atoms with van der Waals surface area (Å²) < 4.78 is 31.4. The van der Waals surface area contributed by atoms with Gasteiger partial charge in [-0.25, -0.2) is 8.42 Å². The molecule has 1 N–H and O–H groups in total. The molecule has 0 bridgehead atoms. The molecule has 0 saturated carbocycles. The summed E-state index contributed by atoms with van der Waals surface area (Å²) in [7, 11) is -3.66. The van der Waals surface area contributed by atoms with Crippen LogP contribution < -0.4 is 14.4 Å². The molecule has 7 heteroatoms. The van der Waals surface area contributed by atoms with Crippen molar-refractivity contribution in [3.63, 3.8) is 0 Å². The molecule has 6 nitrogen and oxygen atoms in total. The summed E-state index contributed by atoms with van der Waals surface area (Å²) in [5.74, 6) is 0.163. The zero-order valence-corrected chi connectivity index (χ0v) is 18.1. The van der Waals surface area contributed by atoms with Gasteiger partial charge in [0.15, 0.2) is 0 Å². The molecule has 0 aliphatic rings. The van der Waals surface area contributed by atoms with Crippen LogP contribution in [0.15, 0.2) is 66.7 Å². The number of nitrogens with one attached hydrogen (secondary N) is 1. The number of benzene rings is 3. The van der Waals surface area contributed by atoms with Crippen LogP contribution in [0.3, 0.4) is 0 Å². The van der Waals surface area contributed by atoms with Crippen LogP contribution >= 0.6 is 0 Å². The van der Waals surface area contributed by atoms with Gasteiger partial charge in [0.1, 0.15) is 12.3 Å². The topological polar surface area (TPSA) is 75.7 Å². The molecule has 0 spiro atoms. The average molecular weight is 427 g/mol. The van der Waals surface area contributed by atoms with Gasteiger partial charge in [0.25, 0.3) is 0 Å². The molecule has 1 amide bonds. The van der Waals surface area contributed by atoms with E-state index in [9.17, 15) is 13.2 Å². The molecule has 3 aromatic carbocycles. The Hall–Kier alpha value is -3.06. The summed E-state index contributed by atoms with van der Waals surface area (Å²) in [4.78, 5) is 12.6. The molecule has 3 rings (SSSR count). The fraction of sp³-hybridized carbons (Fsp3) is 0.261. The van der Waals surface area contributed by atoms with Crippen LogP contribution in [0.25, 0.3) is 10.8 Å². The average Bonchev–Trinajstić information content (AvgIpc) is 2.69. The van der Waals surface area contributed by atoms with E-state index in [0.29, 0.717) is 18.0 Å². The third-order valence-corrected chi connectivity index (χ3v) is 5.66. The number of hydrogen-bond acceptors (Lipinski definition) is 4. The summed E-state index contributed by atoms with van der Waals surface area (Å²) in [6.45, 7) is 3.78. The minimum atomic E-state index is -3.66. The van der Waals surface area contributed by atoms with E-state index < -0.39 is 10.0 Å². The van der Waals surface area contributed by atoms with E-state index in [1.807, 2.05) is 56.3 Å². The Kier molecular flexibility index (Phi) is 6.62. The summed E-state index contributed by atoms with van der Waals surface area (Å²) in [5.41, 5.74) is 1.36. The van der Waals surface area contributed by atoms with Crippen LogP contribution in [0.1, 0.15) is 19.4 Å². The third-order valence-electron chi connectivity index (χ3n) is 4.52. The molecule has 3 aromatic rings. The van der Waals surface area contributed by atoms with Crippen LogP contribution in [0.5, 0.6) is 5.75 Å². The van der Waals surface area contributed by atoms with Crippen molar-refractivity contribution in [1.82, 2.24) is 5.32 Å². The number of hydrogen-bond donors (Lipinski definition) is 1. The molecular weight excluding hydrogens is 400 g/mol. The third kappa shape index (κ3) is 5.51. The molecule has 0 fully saturated rings. The van der Waals surface area contributed by atoms with Crippen molar-refractivity contribution < 1.29 is 17.9 Å². The molecule has 0 radical (unpaired) electrons. The van der Waals surface area contributed by atoms with Crippen LogP contribution in [-0.4, -0.2) is 33.2 Å². The Labute approximate surface area is 177 Å². The van der Waals surface area contributed by atoms with Crippen molar-refractivity contribution >= 4 is 32.4 Å². The molecule has 0 heterocycles. The Bertz CT molecular complexity index is 1140. The number of amides is 1. The molecule has 0 atom stereocenters. The van der Waals surface area contributed by atoms with Crippen molar-refractivity contribution in [2.24, 2.45) is 0 Å². The van der Waals surface area contributed by atoms with Crippen LogP contribution in [0.4, 0.5) is 5.69 Å². The Morgan fingerprint density at radius 1 is 1.03 bits per heavy atom. The zero-order valence-electron chi connectivity index (χ0n) is 17.3. The first kappa shape index (κ1) is 21.6. The monoisotopic (exact) mass is 426 g/mol. The van der Waals surface area contributed by atoms with E-state index in [4.69, 9.17) is 4.74 Å². The highest BCUT2D eigenvalue weighted by molar-refractivity contribution is 7.92. The van der Waals surface area contributed by atoms with Crippen molar-refractivity contribution in [1.29, 1.82) is 0 Å². The van der Waals surface area contributed by atoms with Gasteiger partial charge in [-0.3, -0.25) is 9.10 Å². The number of nitrogens with zero attached hydrogens (tertiary/aromatic N) is 1. The number of ether oxygens (including phenoxy) is 1. The van der Waals surface area contributed by atoms with Gasteiger partial charge in [0, 0.05) is 12.6 Å². The number of carbonyl (C=O) groups is 1. The predicted molar refractivity (Wildman–Crippen MR) is 120 cm³/mol. The van der Waals surface area contributed by atoms with Gasteiger partial charge >= 0.3 is 0 Å². The van der Waals surface area contributed by atoms with Crippen molar-refractivity contribution in [2.75, 3.05) is 17.1 Å². The van der Waals surface area contributed by atoms with Crippen LogP contribution in [-0.2, 0) is 21.4 Å². The smallest absolute Gasteiger partial charge is 0.241 e. The number of rotatable bonds is 8. The molecule has 30 heavy (non-hydrogen) atoms. The minimum absolute atomic E-state index is 0.0454. The maximum Gasteiger partial charge on any atom is 0.241 e. The first-order chi connectivity index (χ1) is 14.2. The molecule has 0 aliphatic carbocycles. The van der Waals surface area contributed by atoms with Crippen molar-refractivity contribution in [3.05, 3.63) is 72.3 Å². The quantitative estimate of drug-likeness (QED) is 0.596. The van der Waals surface area contributed by atoms with Gasteiger partial charge in [0.2, 0.25) is 15.9 Å². The SMILES string of the molecule is CC(C)Oc1cccc(N(CC(=O)NCc2cccc3ccccc23)S(C)(=O)=O)c1. The Balaban J connectivity index is 1.75. The summed E-state index contributed by atoms with van der Waals surface area (Å²) in [6, 6.07) is 20.6. The molecule has 0 aromatic heterocycles. The highest BCUT2D eigenvalue weighted by Crippen LogP contribution is 2.24. The maximum atomic E-state index is 12.6. The van der Waals surface area contributed by atoms with Gasteiger partial charge in [-0.1, -0.05) is 48.5 Å². The minimum Gasteiger partial charge on any atom is -0.491 e. The lowest BCUT2D eigenvalue weighted by Crippen LogP contribution is -2.40. The normalized spacial score (nSPS) is 11.5. The zero-order chi connectivity index (χ0) is 21.7. The van der Waals surface area contributed by atoms with E-state index in [2.05, 4.69) is 5.32 Å². The number of sulfonamides is 1. The molecule has 0 aliphatic heterocycles. The summed E-state index contributed by atoms with van der Waals surface area (Å²) in [5, 5.41) is 4.98. The standard InChI is InChI=1S/C23H26N2O4S/c1-17(2)29-21-12-7-11-20(14-21)25(30(3,27)28)16-23(26)24-15-19-10-6-9-18-8-4-5-13-22(18)19/h4-14,17H,15-16H2,1-3H3,(H,24,26). The fourth-order valence-corrected chi connectivity index (χ4v) is 4.06. The van der Waals surface area contributed by atoms with Crippen LogP contribution in [0.2, 0.25) is 0 Å². The lowest BCUT2D eigenvalue weighted by molar-refractivity contribution is -0.119.